The van der Waals surface area contributed by atoms with Gasteiger partial charge >= 0.3 is 6.18 Å². The number of benzene rings is 2. The number of hydrogen-bond donors (Lipinski definition) is 0. The van der Waals surface area contributed by atoms with Crippen LogP contribution in [0.4, 0.5) is 13.2 Å². The van der Waals surface area contributed by atoms with Gasteiger partial charge in [0.15, 0.2) is 0 Å². The Morgan fingerprint density at radius 1 is 1.00 bits per heavy atom. The van der Waals surface area contributed by atoms with Crippen molar-refractivity contribution in [3.05, 3.63) is 53.6 Å². The van der Waals surface area contributed by atoms with E-state index in [2.05, 4.69) is 4.90 Å². The van der Waals surface area contributed by atoms with Gasteiger partial charge in [-0.1, -0.05) is 38.1 Å². The number of hydrogen-bond acceptors (Lipinski definition) is 2. The van der Waals surface area contributed by atoms with Crippen molar-refractivity contribution in [1.82, 2.24) is 4.90 Å². The topological polar surface area (TPSA) is 12.5 Å². The summed E-state index contributed by atoms with van der Waals surface area (Å²) in [5.74, 6) is 0.733. The molecule has 0 aliphatic carbocycles. The van der Waals surface area contributed by atoms with Gasteiger partial charge in [-0.25, -0.2) is 0 Å². The molecule has 0 atom stereocenters. The van der Waals surface area contributed by atoms with E-state index in [9.17, 15) is 13.2 Å². The zero-order chi connectivity index (χ0) is 19.4. The van der Waals surface area contributed by atoms with Gasteiger partial charge in [0.25, 0.3) is 0 Å². The molecule has 0 radical (unpaired) electrons. The fourth-order valence-corrected chi connectivity index (χ4v) is 3.44. The Labute approximate surface area is 159 Å². The van der Waals surface area contributed by atoms with E-state index < -0.39 is 11.7 Å². The largest absolute Gasteiger partial charge is 0.492 e. The number of nitrogens with zero attached hydrogens (tertiary/aromatic N) is 1. The second-order valence-corrected chi connectivity index (χ2v) is 7.38. The lowest BCUT2D eigenvalue weighted by molar-refractivity contribution is -0.137. The molecule has 1 fully saturated rings. The minimum atomic E-state index is -4.38. The lowest BCUT2D eigenvalue weighted by Crippen LogP contribution is -2.25. The van der Waals surface area contributed by atoms with Crippen molar-refractivity contribution in [2.75, 3.05) is 26.2 Å². The van der Waals surface area contributed by atoms with E-state index in [1.54, 1.807) is 36.4 Å². The third-order valence-corrected chi connectivity index (χ3v) is 5.06. The van der Waals surface area contributed by atoms with Crippen LogP contribution >= 0.6 is 0 Å². The van der Waals surface area contributed by atoms with E-state index in [0.717, 1.165) is 19.6 Å². The lowest BCUT2D eigenvalue weighted by Gasteiger charge is -2.17. The van der Waals surface area contributed by atoms with Crippen LogP contribution in [0.2, 0.25) is 0 Å². The molecular weight excluding hydrogens is 351 g/mol. The Kier molecular flexibility index (Phi) is 6.10. The van der Waals surface area contributed by atoms with Gasteiger partial charge in [0, 0.05) is 6.54 Å². The second-order valence-electron chi connectivity index (χ2n) is 7.38. The smallest absolute Gasteiger partial charge is 0.417 e. The molecule has 0 spiro atoms. The van der Waals surface area contributed by atoms with Crippen molar-refractivity contribution in [2.24, 2.45) is 0 Å². The molecule has 5 heteroatoms. The summed E-state index contributed by atoms with van der Waals surface area (Å²) in [6.45, 7) is 7.50. The van der Waals surface area contributed by atoms with Gasteiger partial charge in [0.05, 0.1) is 5.56 Å². The minimum Gasteiger partial charge on any atom is -0.492 e. The third kappa shape index (κ3) is 5.04. The maximum atomic E-state index is 13.5. The molecule has 0 unspecified atom stereocenters. The van der Waals surface area contributed by atoms with Crippen molar-refractivity contribution in [2.45, 2.75) is 38.8 Å². The molecule has 2 aromatic carbocycles. The molecule has 1 aliphatic heterocycles. The molecule has 1 heterocycles. The molecule has 0 aromatic heterocycles. The average molecular weight is 377 g/mol. The number of ether oxygens (including phenoxy) is 1. The maximum absolute atomic E-state index is 13.5. The first-order valence-electron chi connectivity index (χ1n) is 9.51. The van der Waals surface area contributed by atoms with Gasteiger partial charge < -0.3 is 4.74 Å². The molecule has 1 aliphatic rings. The maximum Gasteiger partial charge on any atom is 0.417 e. The third-order valence-electron chi connectivity index (χ3n) is 5.06. The first-order valence-corrected chi connectivity index (χ1v) is 9.51. The van der Waals surface area contributed by atoms with Crippen LogP contribution in [0.1, 0.15) is 43.7 Å². The van der Waals surface area contributed by atoms with Gasteiger partial charge in [-0.05, 0) is 66.7 Å². The van der Waals surface area contributed by atoms with E-state index in [1.807, 2.05) is 13.8 Å². The number of likely N-dealkylation sites (tertiary alicyclic amines) is 1. The standard InChI is InChI=1S/C22H26F3NO/c1-16(2)18-7-10-20(21(15-18)22(23,24)25)17-5-8-19(9-6-17)27-14-13-26-11-3-4-12-26/h5-10,15-16H,3-4,11-14H2,1-2H3. The number of rotatable bonds is 6. The zero-order valence-electron chi connectivity index (χ0n) is 15.9. The summed E-state index contributed by atoms with van der Waals surface area (Å²) < 4.78 is 46.4. The summed E-state index contributed by atoms with van der Waals surface area (Å²) in [6, 6.07) is 11.5. The van der Waals surface area contributed by atoms with E-state index in [1.165, 1.54) is 18.9 Å². The van der Waals surface area contributed by atoms with Crippen molar-refractivity contribution >= 4 is 0 Å². The molecule has 0 saturated carbocycles. The van der Waals surface area contributed by atoms with Crippen molar-refractivity contribution in [3.63, 3.8) is 0 Å². The van der Waals surface area contributed by atoms with Gasteiger partial charge in [-0.2, -0.15) is 13.2 Å². The summed E-state index contributed by atoms with van der Waals surface area (Å²) in [4.78, 5) is 2.36. The second kappa shape index (κ2) is 8.34. The Bertz CT molecular complexity index is 747. The summed E-state index contributed by atoms with van der Waals surface area (Å²) in [5.41, 5.74) is 0.851. The van der Waals surface area contributed by atoms with Gasteiger partial charge in [-0.15, -0.1) is 0 Å². The molecule has 2 nitrogen and oxygen atoms in total. The van der Waals surface area contributed by atoms with Gasteiger partial charge in [0.2, 0.25) is 0 Å². The summed E-state index contributed by atoms with van der Waals surface area (Å²) >= 11 is 0. The highest BCUT2D eigenvalue weighted by atomic mass is 19.4. The van der Waals surface area contributed by atoms with Crippen LogP contribution in [0.3, 0.4) is 0 Å². The Hall–Kier alpha value is -2.01. The fraction of sp³-hybridized carbons (Fsp3) is 0.455. The molecule has 1 saturated heterocycles. The lowest BCUT2D eigenvalue weighted by atomic mass is 9.93. The fourth-order valence-electron chi connectivity index (χ4n) is 3.44. The Balaban J connectivity index is 1.74. The molecule has 27 heavy (non-hydrogen) atoms. The van der Waals surface area contributed by atoms with Crippen LogP contribution in [0.25, 0.3) is 11.1 Å². The van der Waals surface area contributed by atoms with Crippen molar-refractivity contribution in [1.29, 1.82) is 0 Å². The predicted molar refractivity (Wildman–Crippen MR) is 102 cm³/mol. The first kappa shape index (κ1) is 19.7. The highest BCUT2D eigenvalue weighted by Crippen LogP contribution is 2.39. The molecule has 0 amide bonds. The van der Waals surface area contributed by atoms with Crippen LogP contribution in [-0.4, -0.2) is 31.1 Å². The van der Waals surface area contributed by atoms with E-state index >= 15 is 0 Å². The van der Waals surface area contributed by atoms with Crippen LogP contribution < -0.4 is 4.74 Å². The Morgan fingerprint density at radius 2 is 1.67 bits per heavy atom. The van der Waals surface area contributed by atoms with E-state index in [-0.39, 0.29) is 11.5 Å². The molecule has 2 aromatic rings. The van der Waals surface area contributed by atoms with Crippen LogP contribution in [0, 0.1) is 0 Å². The van der Waals surface area contributed by atoms with Gasteiger partial charge in [-0.3, -0.25) is 4.90 Å². The molecule has 0 N–H and O–H groups in total. The molecule has 146 valence electrons. The normalized spacial score (nSPS) is 15.5. The predicted octanol–water partition coefficient (Wildman–Crippen LogP) is 5.97. The summed E-state index contributed by atoms with van der Waals surface area (Å²) in [7, 11) is 0. The number of halogens is 3. The van der Waals surface area contributed by atoms with Crippen LogP contribution in [0.5, 0.6) is 5.75 Å². The van der Waals surface area contributed by atoms with E-state index in [4.69, 9.17) is 4.74 Å². The van der Waals surface area contributed by atoms with E-state index in [0.29, 0.717) is 23.5 Å². The van der Waals surface area contributed by atoms with Crippen molar-refractivity contribution < 1.29 is 17.9 Å². The monoisotopic (exact) mass is 377 g/mol. The number of alkyl halides is 3. The van der Waals surface area contributed by atoms with Crippen LogP contribution in [0.15, 0.2) is 42.5 Å². The molecular formula is C22H26F3NO. The molecule has 0 bridgehead atoms. The molecule has 3 rings (SSSR count). The minimum absolute atomic E-state index is 0.0477. The quantitative estimate of drug-likeness (QED) is 0.615. The van der Waals surface area contributed by atoms with Crippen LogP contribution in [-0.2, 0) is 6.18 Å². The summed E-state index contributed by atoms with van der Waals surface area (Å²) in [5, 5.41) is 0. The highest BCUT2D eigenvalue weighted by Gasteiger charge is 2.34. The average Bonchev–Trinajstić information content (AvgIpc) is 3.14. The zero-order valence-corrected chi connectivity index (χ0v) is 15.9. The SMILES string of the molecule is CC(C)c1ccc(-c2ccc(OCCN3CCCC3)cc2)c(C(F)(F)F)c1. The van der Waals surface area contributed by atoms with Gasteiger partial charge in [0.1, 0.15) is 12.4 Å². The summed E-state index contributed by atoms with van der Waals surface area (Å²) in [6.07, 6.45) is -1.90. The van der Waals surface area contributed by atoms with Crippen molar-refractivity contribution in [3.8, 4) is 16.9 Å². The first-order chi connectivity index (χ1) is 12.8. The highest BCUT2D eigenvalue weighted by molar-refractivity contribution is 5.69. The Morgan fingerprint density at radius 3 is 2.26 bits per heavy atom.